The zero-order valence-corrected chi connectivity index (χ0v) is 18.9. The summed E-state index contributed by atoms with van der Waals surface area (Å²) in [6.45, 7) is 3.93. The summed E-state index contributed by atoms with van der Waals surface area (Å²) in [6.07, 6.45) is 2.00. The van der Waals surface area contributed by atoms with Gasteiger partial charge in [-0.25, -0.2) is 0 Å². The SMILES string of the molecule is COc1ccc(-c2nnc(C(=O)N3CC(Oc4ccc(CN5CC6CC(C5)O6)cc4)C3)o2)cc1. The molecule has 176 valence electrons. The summed E-state index contributed by atoms with van der Waals surface area (Å²) in [6, 6.07) is 15.4. The third kappa shape index (κ3) is 4.24. The second-order valence-electron chi connectivity index (χ2n) is 9.04. The van der Waals surface area contributed by atoms with Crippen LogP contribution in [0.5, 0.6) is 11.5 Å². The molecule has 5 heterocycles. The Morgan fingerprint density at radius 1 is 0.971 bits per heavy atom. The van der Waals surface area contributed by atoms with Crippen LogP contribution in [0.2, 0.25) is 0 Å². The van der Waals surface area contributed by atoms with Crippen LogP contribution in [0.25, 0.3) is 11.5 Å². The quantitative estimate of drug-likeness (QED) is 0.529. The lowest BCUT2D eigenvalue weighted by Gasteiger charge is -2.47. The third-order valence-electron chi connectivity index (χ3n) is 6.55. The number of likely N-dealkylation sites (tertiary alicyclic amines) is 1. The number of methoxy groups -OCH3 is 1. The molecule has 34 heavy (non-hydrogen) atoms. The number of carbonyl (C=O) groups is 1. The molecule has 1 aromatic heterocycles. The summed E-state index contributed by atoms with van der Waals surface area (Å²) in [5, 5.41) is 7.92. The average molecular weight is 463 g/mol. The van der Waals surface area contributed by atoms with Gasteiger partial charge in [-0.3, -0.25) is 9.69 Å². The van der Waals surface area contributed by atoms with Crippen LogP contribution in [-0.4, -0.2) is 77.5 Å². The Bertz CT molecular complexity index is 1140. The second-order valence-corrected chi connectivity index (χ2v) is 9.04. The third-order valence-corrected chi connectivity index (χ3v) is 6.55. The number of hydrogen-bond acceptors (Lipinski definition) is 8. The van der Waals surface area contributed by atoms with Crippen molar-refractivity contribution in [3.8, 4) is 23.0 Å². The van der Waals surface area contributed by atoms with Crippen molar-refractivity contribution >= 4 is 5.91 Å². The van der Waals surface area contributed by atoms with Crippen LogP contribution in [0, 0.1) is 0 Å². The maximum Gasteiger partial charge on any atom is 0.311 e. The first-order chi connectivity index (χ1) is 16.6. The Morgan fingerprint density at radius 3 is 2.32 bits per heavy atom. The lowest BCUT2D eigenvalue weighted by molar-refractivity contribution is -0.182. The highest BCUT2D eigenvalue weighted by molar-refractivity contribution is 5.90. The number of piperidine rings is 1. The first-order valence-corrected chi connectivity index (χ1v) is 11.5. The number of nitrogens with zero attached hydrogens (tertiary/aromatic N) is 4. The maximum atomic E-state index is 12.7. The minimum atomic E-state index is -0.286. The van der Waals surface area contributed by atoms with Crippen LogP contribution in [-0.2, 0) is 11.3 Å². The van der Waals surface area contributed by atoms with E-state index in [2.05, 4.69) is 27.2 Å². The fourth-order valence-corrected chi connectivity index (χ4v) is 4.67. The van der Waals surface area contributed by atoms with Gasteiger partial charge in [0.05, 0.1) is 32.4 Å². The molecule has 1 amide bonds. The summed E-state index contributed by atoms with van der Waals surface area (Å²) < 4.78 is 22.5. The van der Waals surface area contributed by atoms with Gasteiger partial charge in [0.2, 0.25) is 5.89 Å². The summed E-state index contributed by atoms with van der Waals surface area (Å²) >= 11 is 0. The van der Waals surface area contributed by atoms with Crippen molar-refractivity contribution < 1.29 is 23.4 Å². The maximum absolute atomic E-state index is 12.7. The van der Waals surface area contributed by atoms with Crippen molar-refractivity contribution in [2.75, 3.05) is 33.3 Å². The zero-order chi connectivity index (χ0) is 23.1. The first kappa shape index (κ1) is 21.1. The van der Waals surface area contributed by atoms with Gasteiger partial charge in [-0.1, -0.05) is 12.1 Å². The number of hydrogen-bond donors (Lipinski definition) is 0. The van der Waals surface area contributed by atoms with E-state index in [-0.39, 0.29) is 17.9 Å². The number of ether oxygens (including phenoxy) is 3. The number of rotatable bonds is 7. The highest BCUT2D eigenvalue weighted by Gasteiger charge is 2.38. The van der Waals surface area contributed by atoms with Crippen molar-refractivity contribution in [3.63, 3.8) is 0 Å². The lowest BCUT2D eigenvalue weighted by atomic mass is 9.98. The smallest absolute Gasteiger partial charge is 0.311 e. The Kier molecular flexibility index (Phi) is 5.43. The molecular weight excluding hydrogens is 436 g/mol. The van der Waals surface area contributed by atoms with E-state index < -0.39 is 0 Å². The van der Waals surface area contributed by atoms with E-state index in [1.165, 1.54) is 12.0 Å². The van der Waals surface area contributed by atoms with E-state index in [1.54, 1.807) is 24.1 Å². The molecule has 2 atom stereocenters. The zero-order valence-electron chi connectivity index (χ0n) is 18.9. The molecule has 0 aliphatic carbocycles. The normalized spacial score (nSPS) is 22.1. The lowest BCUT2D eigenvalue weighted by Crippen LogP contribution is -2.56. The molecule has 9 nitrogen and oxygen atoms in total. The Balaban J connectivity index is 0.987. The molecule has 2 bridgehead atoms. The number of benzene rings is 2. The fraction of sp³-hybridized carbons (Fsp3) is 0.400. The number of amides is 1. The second kappa shape index (κ2) is 8.73. The Morgan fingerprint density at radius 2 is 1.65 bits per heavy atom. The molecule has 0 radical (unpaired) electrons. The van der Waals surface area contributed by atoms with Gasteiger partial charge in [-0.2, -0.15) is 0 Å². The molecule has 2 unspecified atom stereocenters. The van der Waals surface area contributed by atoms with E-state index >= 15 is 0 Å². The highest BCUT2D eigenvalue weighted by atomic mass is 16.5. The molecule has 3 aromatic rings. The minimum absolute atomic E-state index is 0.0191. The van der Waals surface area contributed by atoms with Crippen molar-refractivity contribution in [2.45, 2.75) is 31.3 Å². The Labute approximate surface area is 197 Å². The molecule has 4 aliphatic heterocycles. The predicted molar refractivity (Wildman–Crippen MR) is 122 cm³/mol. The summed E-state index contributed by atoms with van der Waals surface area (Å²) in [5.41, 5.74) is 1.99. The molecule has 4 saturated heterocycles. The summed E-state index contributed by atoms with van der Waals surface area (Å²) in [4.78, 5) is 16.8. The molecule has 7 rings (SSSR count). The molecule has 9 heteroatoms. The Hall–Kier alpha value is -3.43. The van der Waals surface area contributed by atoms with E-state index in [4.69, 9.17) is 18.6 Å². The number of fused-ring (bicyclic) bond motifs is 2. The van der Waals surface area contributed by atoms with Crippen molar-refractivity contribution in [1.29, 1.82) is 0 Å². The molecule has 0 saturated carbocycles. The molecular formula is C25H26N4O5. The fourth-order valence-electron chi connectivity index (χ4n) is 4.67. The van der Waals surface area contributed by atoms with Crippen LogP contribution >= 0.6 is 0 Å². The molecule has 4 aliphatic rings. The van der Waals surface area contributed by atoms with Gasteiger partial charge >= 0.3 is 11.8 Å². The molecule has 0 N–H and O–H groups in total. The van der Waals surface area contributed by atoms with Gasteiger partial charge in [0.15, 0.2) is 0 Å². The van der Waals surface area contributed by atoms with Gasteiger partial charge in [0.1, 0.15) is 17.6 Å². The number of carbonyl (C=O) groups excluding carboxylic acids is 1. The van der Waals surface area contributed by atoms with Gasteiger partial charge < -0.3 is 23.5 Å². The standard InChI is InChI=1S/C25H26N4O5/c1-31-18-8-4-17(5-9-18)23-26-27-24(34-23)25(30)29-14-22(15-29)32-19-6-2-16(3-7-19)11-28-12-20-10-21(13-28)33-20/h2-9,20-22H,10-15H2,1H3. The van der Waals surface area contributed by atoms with Crippen LogP contribution in [0.15, 0.2) is 52.9 Å². The topological polar surface area (TPSA) is 90.2 Å². The van der Waals surface area contributed by atoms with Gasteiger partial charge in [0, 0.05) is 31.6 Å². The van der Waals surface area contributed by atoms with E-state index in [1.807, 2.05) is 24.3 Å². The van der Waals surface area contributed by atoms with Crippen LogP contribution in [0.1, 0.15) is 22.7 Å². The van der Waals surface area contributed by atoms with E-state index in [0.29, 0.717) is 31.2 Å². The number of aromatic nitrogens is 2. The van der Waals surface area contributed by atoms with Crippen molar-refractivity contribution in [3.05, 3.63) is 60.0 Å². The minimum Gasteiger partial charge on any atom is -0.497 e. The molecule has 0 spiro atoms. The van der Waals surface area contributed by atoms with E-state index in [0.717, 1.165) is 36.7 Å². The van der Waals surface area contributed by atoms with Gasteiger partial charge in [-0.15, -0.1) is 10.2 Å². The summed E-state index contributed by atoms with van der Waals surface area (Å²) in [7, 11) is 1.60. The van der Waals surface area contributed by atoms with E-state index in [9.17, 15) is 4.79 Å². The molecule has 2 aromatic carbocycles. The van der Waals surface area contributed by atoms with Crippen molar-refractivity contribution in [2.24, 2.45) is 0 Å². The highest BCUT2D eigenvalue weighted by Crippen LogP contribution is 2.29. The largest absolute Gasteiger partial charge is 0.497 e. The van der Waals surface area contributed by atoms with Gasteiger partial charge in [-0.05, 0) is 42.0 Å². The molecule has 4 fully saturated rings. The van der Waals surface area contributed by atoms with Crippen LogP contribution < -0.4 is 9.47 Å². The first-order valence-electron chi connectivity index (χ1n) is 11.5. The van der Waals surface area contributed by atoms with Crippen LogP contribution in [0.3, 0.4) is 0 Å². The van der Waals surface area contributed by atoms with Gasteiger partial charge in [0.25, 0.3) is 0 Å². The predicted octanol–water partition coefficient (Wildman–Crippen LogP) is 2.62. The monoisotopic (exact) mass is 462 g/mol. The van der Waals surface area contributed by atoms with Crippen molar-refractivity contribution in [1.82, 2.24) is 20.0 Å². The summed E-state index contributed by atoms with van der Waals surface area (Å²) in [5.74, 6) is 1.54. The van der Waals surface area contributed by atoms with Crippen LogP contribution in [0.4, 0.5) is 0 Å². The number of morpholine rings is 1. The average Bonchev–Trinajstić information content (AvgIpc) is 3.32.